The summed E-state index contributed by atoms with van der Waals surface area (Å²) in [5.74, 6) is -0.120. The van der Waals surface area contributed by atoms with Crippen LogP contribution >= 0.6 is 15.9 Å². The van der Waals surface area contributed by atoms with Gasteiger partial charge in [-0.25, -0.2) is 4.68 Å². The van der Waals surface area contributed by atoms with Crippen molar-refractivity contribution in [3.63, 3.8) is 0 Å². The van der Waals surface area contributed by atoms with Crippen molar-refractivity contribution in [2.24, 2.45) is 0 Å². The van der Waals surface area contributed by atoms with Gasteiger partial charge in [0.05, 0.1) is 0 Å². The Hall–Kier alpha value is -1.95. The molecule has 0 spiro atoms. The third-order valence-corrected chi connectivity index (χ3v) is 3.25. The van der Waals surface area contributed by atoms with Crippen LogP contribution in [0.3, 0.4) is 0 Å². The molecule has 5 nitrogen and oxygen atoms in total. The number of aryl methyl sites for hydroxylation is 1. The van der Waals surface area contributed by atoms with Crippen molar-refractivity contribution in [3.8, 4) is 0 Å². The summed E-state index contributed by atoms with van der Waals surface area (Å²) in [6.07, 6.45) is 2.22. The zero-order valence-corrected chi connectivity index (χ0v) is 12.3. The molecule has 0 aliphatic carbocycles. The van der Waals surface area contributed by atoms with Gasteiger partial charge in [0.2, 0.25) is 0 Å². The minimum atomic E-state index is -0.133. The van der Waals surface area contributed by atoms with E-state index < -0.39 is 0 Å². The van der Waals surface area contributed by atoms with Crippen molar-refractivity contribution in [3.05, 3.63) is 63.0 Å². The average molecular weight is 336 g/mol. The lowest BCUT2D eigenvalue weighted by Crippen LogP contribution is -2.27. The number of hydrogen-bond donors (Lipinski definition) is 1. The summed E-state index contributed by atoms with van der Waals surface area (Å²) in [5, 5.41) is 6.76. The van der Waals surface area contributed by atoms with Gasteiger partial charge < -0.3 is 5.32 Å². The number of benzene rings is 1. The SMILES string of the molecule is O=C(NCCCn1ncccc1=O)c1ccc(Br)cc1. The number of carbonyl (C=O) groups excluding carboxylic acids is 1. The summed E-state index contributed by atoms with van der Waals surface area (Å²) >= 11 is 3.32. The van der Waals surface area contributed by atoms with Gasteiger partial charge in [-0.15, -0.1) is 0 Å². The molecular weight excluding hydrogens is 322 g/mol. The molecular formula is C14H14BrN3O2. The van der Waals surface area contributed by atoms with Crippen LogP contribution in [0.5, 0.6) is 0 Å². The number of amides is 1. The molecule has 6 heteroatoms. The summed E-state index contributed by atoms with van der Waals surface area (Å²) < 4.78 is 2.31. The highest BCUT2D eigenvalue weighted by Gasteiger charge is 2.04. The number of rotatable bonds is 5. The van der Waals surface area contributed by atoms with Gasteiger partial charge in [-0.2, -0.15) is 5.10 Å². The lowest BCUT2D eigenvalue weighted by atomic mass is 10.2. The molecule has 0 aliphatic heterocycles. The largest absolute Gasteiger partial charge is 0.352 e. The molecule has 20 heavy (non-hydrogen) atoms. The predicted octanol–water partition coefficient (Wildman–Crippen LogP) is 1.83. The van der Waals surface area contributed by atoms with E-state index in [1.54, 1.807) is 24.4 Å². The summed E-state index contributed by atoms with van der Waals surface area (Å²) in [6.45, 7) is 0.984. The summed E-state index contributed by atoms with van der Waals surface area (Å²) in [4.78, 5) is 23.2. The van der Waals surface area contributed by atoms with Gasteiger partial charge in [-0.05, 0) is 36.8 Å². The molecule has 2 rings (SSSR count). The third kappa shape index (κ3) is 4.03. The fourth-order valence-corrected chi connectivity index (χ4v) is 1.95. The van der Waals surface area contributed by atoms with E-state index in [9.17, 15) is 9.59 Å². The Kier molecular flexibility index (Phi) is 5.06. The first kappa shape index (κ1) is 14.5. The maximum Gasteiger partial charge on any atom is 0.266 e. The van der Waals surface area contributed by atoms with Crippen LogP contribution in [0.15, 0.2) is 51.9 Å². The Morgan fingerprint density at radius 3 is 2.70 bits per heavy atom. The van der Waals surface area contributed by atoms with Gasteiger partial charge >= 0.3 is 0 Å². The molecule has 1 aromatic carbocycles. The zero-order valence-electron chi connectivity index (χ0n) is 10.8. The Morgan fingerprint density at radius 1 is 1.25 bits per heavy atom. The standard InChI is InChI=1S/C14H14BrN3O2/c15-12-6-4-11(5-7-12)14(20)16-8-2-10-18-13(19)3-1-9-17-18/h1,3-7,9H,2,8,10H2,(H,16,20). The smallest absolute Gasteiger partial charge is 0.266 e. The molecule has 0 aliphatic rings. The highest BCUT2D eigenvalue weighted by atomic mass is 79.9. The molecule has 104 valence electrons. The minimum Gasteiger partial charge on any atom is -0.352 e. The minimum absolute atomic E-state index is 0.120. The van der Waals surface area contributed by atoms with Crippen LogP contribution in [0.1, 0.15) is 16.8 Å². The Balaban J connectivity index is 1.79. The van der Waals surface area contributed by atoms with Gasteiger partial charge in [-0.1, -0.05) is 15.9 Å². The number of hydrogen-bond acceptors (Lipinski definition) is 3. The van der Waals surface area contributed by atoms with Crippen LogP contribution in [0.25, 0.3) is 0 Å². The fourth-order valence-electron chi connectivity index (χ4n) is 1.69. The topological polar surface area (TPSA) is 64.0 Å². The summed E-state index contributed by atoms with van der Waals surface area (Å²) in [5.41, 5.74) is 0.481. The van der Waals surface area contributed by atoms with Crippen molar-refractivity contribution >= 4 is 21.8 Å². The molecule has 0 atom stereocenters. The van der Waals surface area contributed by atoms with Gasteiger partial charge in [0, 0.05) is 35.4 Å². The third-order valence-electron chi connectivity index (χ3n) is 2.72. The molecule has 1 N–H and O–H groups in total. The van der Waals surface area contributed by atoms with E-state index in [2.05, 4.69) is 26.3 Å². The second-order valence-corrected chi connectivity index (χ2v) is 5.12. The molecule has 0 bridgehead atoms. The first-order chi connectivity index (χ1) is 9.66. The van der Waals surface area contributed by atoms with Crippen molar-refractivity contribution < 1.29 is 4.79 Å². The Labute approximate surface area is 124 Å². The van der Waals surface area contributed by atoms with Crippen molar-refractivity contribution in [1.82, 2.24) is 15.1 Å². The molecule has 0 unspecified atom stereocenters. The first-order valence-electron chi connectivity index (χ1n) is 6.23. The van der Waals surface area contributed by atoms with Gasteiger partial charge in [0.15, 0.2) is 0 Å². The number of aromatic nitrogens is 2. The van der Waals surface area contributed by atoms with E-state index in [0.29, 0.717) is 25.1 Å². The molecule has 1 amide bonds. The van der Waals surface area contributed by atoms with Crippen LogP contribution in [-0.2, 0) is 6.54 Å². The fraction of sp³-hybridized carbons (Fsp3) is 0.214. The lowest BCUT2D eigenvalue weighted by molar-refractivity contribution is 0.0952. The van der Waals surface area contributed by atoms with Gasteiger partial charge in [-0.3, -0.25) is 9.59 Å². The van der Waals surface area contributed by atoms with Crippen LogP contribution in [0.2, 0.25) is 0 Å². The Morgan fingerprint density at radius 2 is 2.00 bits per heavy atom. The van der Waals surface area contributed by atoms with Crippen molar-refractivity contribution in [2.45, 2.75) is 13.0 Å². The van der Waals surface area contributed by atoms with Gasteiger partial charge in [0.1, 0.15) is 0 Å². The predicted molar refractivity (Wildman–Crippen MR) is 79.6 cm³/mol. The van der Waals surface area contributed by atoms with Crippen molar-refractivity contribution in [1.29, 1.82) is 0 Å². The van der Waals surface area contributed by atoms with Crippen LogP contribution in [0, 0.1) is 0 Å². The molecule has 0 saturated carbocycles. The van der Waals surface area contributed by atoms with E-state index in [1.807, 2.05) is 12.1 Å². The molecule has 1 aromatic heterocycles. The molecule has 1 heterocycles. The highest BCUT2D eigenvalue weighted by Crippen LogP contribution is 2.10. The van der Waals surface area contributed by atoms with E-state index in [-0.39, 0.29) is 11.5 Å². The summed E-state index contributed by atoms with van der Waals surface area (Å²) in [7, 11) is 0. The quantitative estimate of drug-likeness (QED) is 0.848. The van der Waals surface area contributed by atoms with E-state index >= 15 is 0 Å². The molecule has 0 radical (unpaired) electrons. The number of nitrogens with zero attached hydrogens (tertiary/aromatic N) is 2. The highest BCUT2D eigenvalue weighted by molar-refractivity contribution is 9.10. The first-order valence-corrected chi connectivity index (χ1v) is 7.02. The van der Waals surface area contributed by atoms with E-state index in [4.69, 9.17) is 0 Å². The lowest BCUT2D eigenvalue weighted by Gasteiger charge is -2.06. The average Bonchev–Trinajstić information content (AvgIpc) is 2.46. The second kappa shape index (κ2) is 7.00. The van der Waals surface area contributed by atoms with Crippen LogP contribution < -0.4 is 10.9 Å². The van der Waals surface area contributed by atoms with Crippen LogP contribution in [0.4, 0.5) is 0 Å². The van der Waals surface area contributed by atoms with Gasteiger partial charge in [0.25, 0.3) is 11.5 Å². The van der Waals surface area contributed by atoms with E-state index in [1.165, 1.54) is 10.7 Å². The Bertz CT molecular complexity index is 637. The molecule has 2 aromatic rings. The number of nitrogens with one attached hydrogen (secondary N) is 1. The monoisotopic (exact) mass is 335 g/mol. The molecule has 0 fully saturated rings. The normalized spacial score (nSPS) is 10.2. The summed E-state index contributed by atoms with van der Waals surface area (Å²) in [6, 6.07) is 10.2. The van der Waals surface area contributed by atoms with Crippen LogP contribution in [-0.4, -0.2) is 22.2 Å². The maximum atomic E-state index is 11.8. The molecule has 0 saturated heterocycles. The van der Waals surface area contributed by atoms with Crippen molar-refractivity contribution in [2.75, 3.05) is 6.54 Å². The number of halogens is 1. The maximum absolute atomic E-state index is 11.8. The number of carbonyl (C=O) groups is 1. The van der Waals surface area contributed by atoms with E-state index in [0.717, 1.165) is 4.47 Å². The zero-order chi connectivity index (χ0) is 14.4. The second-order valence-electron chi connectivity index (χ2n) is 4.20.